The first-order valence-corrected chi connectivity index (χ1v) is 5.27. The minimum atomic E-state index is -4.54. The SMILES string of the molecule is O=C(Cc1ccc(OC(F)F)cc1)NOCC(F)(F)F. The van der Waals surface area contributed by atoms with E-state index in [9.17, 15) is 26.7 Å². The van der Waals surface area contributed by atoms with E-state index in [1.54, 1.807) is 5.48 Å². The molecule has 4 nitrogen and oxygen atoms in total. The van der Waals surface area contributed by atoms with E-state index in [4.69, 9.17) is 0 Å². The van der Waals surface area contributed by atoms with E-state index in [1.165, 1.54) is 24.3 Å². The fraction of sp³-hybridized carbons (Fsp3) is 0.364. The summed E-state index contributed by atoms with van der Waals surface area (Å²) in [5.41, 5.74) is 2.03. The summed E-state index contributed by atoms with van der Waals surface area (Å²) in [5.74, 6) is -0.880. The number of hydrogen-bond acceptors (Lipinski definition) is 3. The highest BCUT2D eigenvalue weighted by Crippen LogP contribution is 2.15. The van der Waals surface area contributed by atoms with Crippen LogP contribution in [0.4, 0.5) is 22.0 Å². The lowest BCUT2D eigenvalue weighted by molar-refractivity contribution is -0.191. The van der Waals surface area contributed by atoms with Crippen molar-refractivity contribution >= 4 is 5.91 Å². The third-order valence-corrected chi connectivity index (χ3v) is 1.94. The molecule has 0 fully saturated rings. The van der Waals surface area contributed by atoms with Gasteiger partial charge in [0.2, 0.25) is 5.91 Å². The summed E-state index contributed by atoms with van der Waals surface area (Å²) < 4.78 is 63.0. The van der Waals surface area contributed by atoms with Gasteiger partial charge in [-0.1, -0.05) is 12.1 Å². The molecule has 0 saturated carbocycles. The Hall–Kier alpha value is -1.90. The fourth-order valence-electron chi connectivity index (χ4n) is 1.21. The standard InChI is InChI=1S/C11H10F5NO3/c12-10(13)20-8-3-1-7(2-4-8)5-9(18)17-19-6-11(14,15)16/h1-4,10H,5-6H2,(H,17,18). The Balaban J connectivity index is 2.38. The van der Waals surface area contributed by atoms with Crippen LogP contribution in [-0.2, 0) is 16.1 Å². The summed E-state index contributed by atoms with van der Waals surface area (Å²) in [6, 6.07) is 5.10. The van der Waals surface area contributed by atoms with Crippen LogP contribution in [0.25, 0.3) is 0 Å². The highest BCUT2D eigenvalue weighted by atomic mass is 19.4. The molecule has 0 saturated heterocycles. The summed E-state index contributed by atoms with van der Waals surface area (Å²) in [6.07, 6.45) is -4.80. The molecule has 0 aliphatic carbocycles. The highest BCUT2D eigenvalue weighted by molar-refractivity contribution is 5.77. The first kappa shape index (κ1) is 16.2. The van der Waals surface area contributed by atoms with Crippen molar-refractivity contribution in [2.45, 2.75) is 19.2 Å². The second-order valence-electron chi connectivity index (χ2n) is 3.63. The van der Waals surface area contributed by atoms with E-state index >= 15 is 0 Å². The van der Waals surface area contributed by atoms with Gasteiger partial charge in [0, 0.05) is 0 Å². The van der Waals surface area contributed by atoms with Crippen molar-refractivity contribution < 1.29 is 36.3 Å². The molecule has 1 aromatic carbocycles. The minimum Gasteiger partial charge on any atom is -0.435 e. The molecule has 0 atom stereocenters. The molecular formula is C11H10F5NO3. The van der Waals surface area contributed by atoms with Gasteiger partial charge in [0.25, 0.3) is 0 Å². The van der Waals surface area contributed by atoms with Crippen LogP contribution in [0, 0.1) is 0 Å². The molecule has 1 amide bonds. The molecule has 0 spiro atoms. The predicted octanol–water partition coefficient (Wildman–Crippen LogP) is 2.44. The van der Waals surface area contributed by atoms with E-state index in [-0.39, 0.29) is 12.2 Å². The normalized spacial score (nSPS) is 11.5. The Kier molecular flexibility index (Phi) is 5.68. The number of carbonyl (C=O) groups excluding carboxylic acids is 1. The van der Waals surface area contributed by atoms with Gasteiger partial charge >= 0.3 is 12.8 Å². The minimum absolute atomic E-state index is 0.0857. The molecule has 0 aromatic heterocycles. The van der Waals surface area contributed by atoms with E-state index in [1.807, 2.05) is 0 Å². The van der Waals surface area contributed by atoms with E-state index in [2.05, 4.69) is 9.57 Å². The number of rotatable bonds is 6. The molecule has 1 rings (SSSR count). The summed E-state index contributed by atoms with van der Waals surface area (Å²) in [4.78, 5) is 15.2. The number of ether oxygens (including phenoxy) is 1. The van der Waals surface area contributed by atoms with Crippen molar-refractivity contribution in [1.29, 1.82) is 0 Å². The van der Waals surface area contributed by atoms with Crippen LogP contribution in [0.1, 0.15) is 5.56 Å². The van der Waals surface area contributed by atoms with Gasteiger partial charge in [-0.3, -0.25) is 9.63 Å². The Morgan fingerprint density at radius 1 is 1.20 bits per heavy atom. The maximum Gasteiger partial charge on any atom is 0.414 e. The topological polar surface area (TPSA) is 47.6 Å². The molecule has 0 heterocycles. The molecule has 0 radical (unpaired) electrons. The number of carbonyl (C=O) groups is 1. The number of alkyl halides is 5. The summed E-state index contributed by atoms with van der Waals surface area (Å²) in [7, 11) is 0. The Bertz CT molecular complexity index is 433. The zero-order valence-electron chi connectivity index (χ0n) is 9.92. The van der Waals surface area contributed by atoms with Crippen molar-refractivity contribution in [2.24, 2.45) is 0 Å². The van der Waals surface area contributed by atoms with Crippen LogP contribution in [0.5, 0.6) is 5.75 Å². The number of hydrogen-bond donors (Lipinski definition) is 1. The zero-order valence-corrected chi connectivity index (χ0v) is 9.92. The smallest absolute Gasteiger partial charge is 0.414 e. The second-order valence-corrected chi connectivity index (χ2v) is 3.63. The average molecular weight is 299 g/mol. The van der Waals surface area contributed by atoms with Crippen LogP contribution < -0.4 is 10.2 Å². The molecule has 9 heteroatoms. The second kappa shape index (κ2) is 7.04. The molecule has 0 aliphatic rings. The molecule has 0 aliphatic heterocycles. The molecule has 112 valence electrons. The number of benzene rings is 1. The highest BCUT2D eigenvalue weighted by Gasteiger charge is 2.28. The Labute approximate surface area is 110 Å². The lowest BCUT2D eigenvalue weighted by atomic mass is 10.1. The first-order valence-electron chi connectivity index (χ1n) is 5.27. The quantitative estimate of drug-likeness (QED) is 0.648. The van der Waals surface area contributed by atoms with E-state index < -0.39 is 25.3 Å². The van der Waals surface area contributed by atoms with Crippen LogP contribution >= 0.6 is 0 Å². The van der Waals surface area contributed by atoms with Gasteiger partial charge in [-0.05, 0) is 17.7 Å². The number of halogens is 5. The monoisotopic (exact) mass is 299 g/mol. The Morgan fingerprint density at radius 2 is 1.80 bits per heavy atom. The largest absolute Gasteiger partial charge is 0.435 e. The van der Waals surface area contributed by atoms with Gasteiger partial charge in [0.15, 0.2) is 6.61 Å². The van der Waals surface area contributed by atoms with Crippen molar-refractivity contribution in [1.82, 2.24) is 5.48 Å². The van der Waals surface area contributed by atoms with Crippen molar-refractivity contribution in [2.75, 3.05) is 6.61 Å². The van der Waals surface area contributed by atoms with Crippen LogP contribution in [0.2, 0.25) is 0 Å². The summed E-state index contributed by atoms with van der Waals surface area (Å²) >= 11 is 0. The van der Waals surface area contributed by atoms with Gasteiger partial charge in [-0.2, -0.15) is 22.0 Å². The number of amides is 1. The van der Waals surface area contributed by atoms with Gasteiger partial charge in [-0.15, -0.1) is 0 Å². The third-order valence-electron chi connectivity index (χ3n) is 1.94. The molecule has 0 unspecified atom stereocenters. The maximum atomic E-state index is 11.9. The van der Waals surface area contributed by atoms with Crippen LogP contribution in [0.3, 0.4) is 0 Å². The molecule has 1 aromatic rings. The fourth-order valence-corrected chi connectivity index (χ4v) is 1.21. The Morgan fingerprint density at radius 3 is 2.30 bits per heavy atom. The molecule has 20 heavy (non-hydrogen) atoms. The number of nitrogens with one attached hydrogen (secondary N) is 1. The summed E-state index contributed by atoms with van der Waals surface area (Å²) in [6.45, 7) is -4.56. The molecule has 1 N–H and O–H groups in total. The van der Waals surface area contributed by atoms with Crippen LogP contribution in [-0.4, -0.2) is 25.3 Å². The number of hydroxylamine groups is 1. The predicted molar refractivity (Wildman–Crippen MR) is 56.9 cm³/mol. The lowest BCUT2D eigenvalue weighted by Gasteiger charge is -2.09. The van der Waals surface area contributed by atoms with Crippen molar-refractivity contribution in [3.8, 4) is 5.75 Å². The summed E-state index contributed by atoms with van der Waals surface area (Å²) in [5, 5.41) is 0. The van der Waals surface area contributed by atoms with Crippen molar-refractivity contribution in [3.63, 3.8) is 0 Å². The van der Waals surface area contributed by atoms with Crippen LogP contribution in [0.15, 0.2) is 24.3 Å². The van der Waals surface area contributed by atoms with Gasteiger partial charge in [-0.25, -0.2) is 5.48 Å². The van der Waals surface area contributed by atoms with E-state index in [0.717, 1.165) is 0 Å². The molecular weight excluding hydrogens is 289 g/mol. The molecule has 0 bridgehead atoms. The van der Waals surface area contributed by atoms with Crippen molar-refractivity contribution in [3.05, 3.63) is 29.8 Å². The van der Waals surface area contributed by atoms with E-state index in [0.29, 0.717) is 5.56 Å². The van der Waals surface area contributed by atoms with Gasteiger partial charge in [0.05, 0.1) is 6.42 Å². The lowest BCUT2D eigenvalue weighted by Crippen LogP contribution is -2.30. The maximum absolute atomic E-state index is 11.9. The third kappa shape index (κ3) is 6.88. The van der Waals surface area contributed by atoms with Gasteiger partial charge < -0.3 is 4.74 Å². The zero-order chi connectivity index (χ0) is 15.2. The average Bonchev–Trinajstić information content (AvgIpc) is 2.29. The van der Waals surface area contributed by atoms with Gasteiger partial charge in [0.1, 0.15) is 5.75 Å². The first-order chi connectivity index (χ1) is 9.26.